The molecule has 0 aliphatic rings. The summed E-state index contributed by atoms with van der Waals surface area (Å²) in [6.07, 6.45) is 4.81. The summed E-state index contributed by atoms with van der Waals surface area (Å²) in [5.41, 5.74) is 0.660. The normalized spacial score (nSPS) is 11.8. The second kappa shape index (κ2) is 5.98. The maximum Gasteiger partial charge on any atom is 0.291 e. The molecule has 0 bridgehead atoms. The lowest BCUT2D eigenvalue weighted by atomic mass is 10.2. The molecule has 0 aliphatic carbocycles. The van der Waals surface area contributed by atoms with Gasteiger partial charge in [-0.3, -0.25) is 4.79 Å². The monoisotopic (exact) mass is 315 g/mol. The van der Waals surface area contributed by atoms with Crippen LogP contribution in [0, 0.1) is 0 Å². The largest absolute Gasteiger partial charge is 0.493 e. The fourth-order valence-electron chi connectivity index (χ4n) is 1.97. The number of hydrogen-bond acceptors (Lipinski definition) is 6. The van der Waals surface area contributed by atoms with Crippen LogP contribution < -0.4 is 19.6 Å². The van der Waals surface area contributed by atoms with Crippen LogP contribution in [0.15, 0.2) is 42.0 Å². The van der Waals surface area contributed by atoms with Crippen molar-refractivity contribution < 1.29 is 9.47 Å². The van der Waals surface area contributed by atoms with E-state index in [2.05, 4.69) is 16.7 Å². The van der Waals surface area contributed by atoms with Crippen molar-refractivity contribution in [2.75, 3.05) is 13.7 Å². The van der Waals surface area contributed by atoms with Crippen LogP contribution in [0.25, 0.3) is 11.0 Å². The van der Waals surface area contributed by atoms with E-state index >= 15 is 0 Å². The fraction of sp³-hybridized carbons (Fsp3) is 0.133. The number of fused-ring (bicyclic) bond motifs is 1. The molecule has 0 spiro atoms. The first kappa shape index (κ1) is 14.3. The zero-order chi connectivity index (χ0) is 15.5. The number of methoxy groups -OCH3 is 1. The lowest BCUT2D eigenvalue weighted by Gasteiger charge is -2.09. The quantitative estimate of drug-likeness (QED) is 0.664. The molecule has 6 nitrogen and oxygen atoms in total. The van der Waals surface area contributed by atoms with Gasteiger partial charge in [-0.25, -0.2) is 4.98 Å². The predicted octanol–water partition coefficient (Wildman–Crippen LogP) is 1.27. The van der Waals surface area contributed by atoms with Gasteiger partial charge >= 0.3 is 0 Å². The Hall–Kier alpha value is -2.67. The minimum Gasteiger partial charge on any atom is -0.493 e. The third kappa shape index (κ3) is 2.58. The van der Waals surface area contributed by atoms with Crippen molar-refractivity contribution >= 4 is 22.4 Å². The van der Waals surface area contributed by atoms with Crippen LogP contribution in [0.5, 0.6) is 11.5 Å². The van der Waals surface area contributed by atoms with Gasteiger partial charge in [-0.1, -0.05) is 30.1 Å². The maximum atomic E-state index is 12.1. The van der Waals surface area contributed by atoms with E-state index in [0.717, 1.165) is 5.56 Å². The Bertz CT molecular complexity index is 929. The van der Waals surface area contributed by atoms with E-state index in [4.69, 9.17) is 9.47 Å². The van der Waals surface area contributed by atoms with Crippen LogP contribution in [0.3, 0.4) is 0 Å². The van der Waals surface area contributed by atoms with E-state index in [9.17, 15) is 4.79 Å². The molecule has 3 rings (SSSR count). The molecule has 0 radical (unpaired) electrons. The van der Waals surface area contributed by atoms with E-state index < -0.39 is 0 Å². The molecule has 0 amide bonds. The molecular weight excluding hydrogens is 302 g/mol. The van der Waals surface area contributed by atoms with E-state index in [-0.39, 0.29) is 5.56 Å². The van der Waals surface area contributed by atoms with Crippen molar-refractivity contribution in [2.45, 2.75) is 0 Å². The smallest absolute Gasteiger partial charge is 0.291 e. The number of aromatic nitrogens is 3. The van der Waals surface area contributed by atoms with Crippen molar-refractivity contribution in [3.8, 4) is 11.5 Å². The zero-order valence-corrected chi connectivity index (χ0v) is 12.7. The summed E-state index contributed by atoms with van der Waals surface area (Å²) in [7, 11) is 1.57. The highest BCUT2D eigenvalue weighted by Gasteiger charge is 2.07. The Balaban J connectivity index is 2.03. The standard InChI is InChI=1S/C15H13N3O3S/c1-3-6-21-11-5-4-10(7-12(11)20-2)8-13-14(19)18-15(22-13)16-9-17-18/h3-5,7-9H,1,6H2,2H3. The molecule has 112 valence electrons. The molecular formula is C15H13N3O3S. The second-order valence-electron chi connectivity index (χ2n) is 4.38. The summed E-state index contributed by atoms with van der Waals surface area (Å²) in [6, 6.07) is 5.47. The Labute approximate surface area is 129 Å². The number of benzene rings is 1. The molecule has 0 fully saturated rings. The van der Waals surface area contributed by atoms with Crippen LogP contribution in [0.4, 0.5) is 0 Å². The molecule has 0 unspecified atom stereocenters. The first-order valence-corrected chi connectivity index (χ1v) is 7.30. The van der Waals surface area contributed by atoms with Crippen molar-refractivity contribution in [2.24, 2.45) is 0 Å². The van der Waals surface area contributed by atoms with Gasteiger partial charge in [-0.05, 0) is 23.8 Å². The van der Waals surface area contributed by atoms with Gasteiger partial charge in [0, 0.05) is 0 Å². The minimum atomic E-state index is -0.177. The molecule has 0 atom stereocenters. The fourth-order valence-corrected chi connectivity index (χ4v) is 2.85. The maximum absolute atomic E-state index is 12.1. The zero-order valence-electron chi connectivity index (χ0n) is 11.9. The number of thiazole rings is 1. The number of rotatable bonds is 5. The van der Waals surface area contributed by atoms with Gasteiger partial charge < -0.3 is 9.47 Å². The summed E-state index contributed by atoms with van der Waals surface area (Å²) >= 11 is 1.29. The van der Waals surface area contributed by atoms with Gasteiger partial charge in [0.1, 0.15) is 12.9 Å². The van der Waals surface area contributed by atoms with E-state index in [0.29, 0.717) is 27.6 Å². The highest BCUT2D eigenvalue weighted by molar-refractivity contribution is 7.15. The van der Waals surface area contributed by atoms with E-state index in [1.807, 2.05) is 12.1 Å². The molecule has 0 N–H and O–H groups in total. The Morgan fingerprint density at radius 1 is 1.41 bits per heavy atom. The van der Waals surface area contributed by atoms with Crippen LogP contribution in [0.1, 0.15) is 5.56 Å². The third-order valence-electron chi connectivity index (χ3n) is 2.96. The van der Waals surface area contributed by atoms with Gasteiger partial charge in [-0.15, -0.1) is 0 Å². The molecule has 0 aliphatic heterocycles. The first-order chi connectivity index (χ1) is 10.7. The molecule has 22 heavy (non-hydrogen) atoms. The number of hydrogen-bond donors (Lipinski definition) is 0. The van der Waals surface area contributed by atoms with Crippen molar-refractivity contribution in [1.29, 1.82) is 0 Å². The van der Waals surface area contributed by atoms with Crippen LogP contribution in [-0.4, -0.2) is 28.3 Å². The van der Waals surface area contributed by atoms with Crippen molar-refractivity contribution in [3.63, 3.8) is 0 Å². The summed E-state index contributed by atoms with van der Waals surface area (Å²) in [5, 5.41) is 3.89. The molecule has 2 aromatic heterocycles. The lowest BCUT2D eigenvalue weighted by Crippen LogP contribution is -2.23. The average Bonchev–Trinajstić information content (AvgIpc) is 3.10. The molecule has 1 aromatic carbocycles. The molecule has 2 heterocycles. The summed E-state index contributed by atoms with van der Waals surface area (Å²) in [5.74, 6) is 1.23. The van der Waals surface area contributed by atoms with Gasteiger partial charge in [0.2, 0.25) is 4.96 Å². The van der Waals surface area contributed by atoms with E-state index in [1.165, 1.54) is 22.2 Å². The summed E-state index contributed by atoms with van der Waals surface area (Å²) in [6.45, 7) is 4.01. The second-order valence-corrected chi connectivity index (χ2v) is 5.39. The minimum absolute atomic E-state index is 0.177. The number of nitrogens with zero attached hydrogens (tertiary/aromatic N) is 3. The van der Waals surface area contributed by atoms with Gasteiger partial charge in [0.05, 0.1) is 11.6 Å². The van der Waals surface area contributed by atoms with Crippen molar-refractivity contribution in [1.82, 2.24) is 14.6 Å². The highest BCUT2D eigenvalue weighted by Crippen LogP contribution is 2.28. The predicted molar refractivity (Wildman–Crippen MR) is 84.6 cm³/mol. The van der Waals surface area contributed by atoms with Crippen LogP contribution in [0.2, 0.25) is 0 Å². The first-order valence-electron chi connectivity index (χ1n) is 6.49. The third-order valence-corrected chi connectivity index (χ3v) is 3.94. The molecule has 0 saturated carbocycles. The van der Waals surface area contributed by atoms with Gasteiger partial charge in [0.25, 0.3) is 5.56 Å². The SMILES string of the molecule is C=CCOc1ccc(C=c2sc3ncnn3c2=O)cc1OC. The van der Waals surface area contributed by atoms with Crippen LogP contribution in [-0.2, 0) is 0 Å². The number of ether oxygens (including phenoxy) is 2. The molecule has 3 aromatic rings. The molecule has 0 saturated heterocycles. The van der Waals surface area contributed by atoms with Gasteiger partial charge in [0.15, 0.2) is 11.5 Å². The van der Waals surface area contributed by atoms with Crippen LogP contribution >= 0.6 is 11.3 Å². The van der Waals surface area contributed by atoms with Crippen molar-refractivity contribution in [3.05, 3.63) is 57.6 Å². The Kier molecular flexibility index (Phi) is 3.88. The summed E-state index contributed by atoms with van der Waals surface area (Å²) in [4.78, 5) is 16.7. The molecule has 7 heteroatoms. The van der Waals surface area contributed by atoms with E-state index in [1.54, 1.807) is 25.3 Å². The average molecular weight is 315 g/mol. The Morgan fingerprint density at radius 3 is 3.00 bits per heavy atom. The lowest BCUT2D eigenvalue weighted by molar-refractivity contribution is 0.326. The highest BCUT2D eigenvalue weighted by atomic mass is 32.1. The topological polar surface area (TPSA) is 65.7 Å². The Morgan fingerprint density at radius 2 is 2.27 bits per heavy atom. The van der Waals surface area contributed by atoms with Gasteiger partial charge in [-0.2, -0.15) is 9.61 Å². The summed E-state index contributed by atoms with van der Waals surface area (Å²) < 4.78 is 12.7.